The second kappa shape index (κ2) is 9.30. The molecule has 0 aromatic heterocycles. The summed E-state index contributed by atoms with van der Waals surface area (Å²) >= 11 is 0. The van der Waals surface area contributed by atoms with Crippen molar-refractivity contribution in [3.05, 3.63) is 72.8 Å². The standard InChI is InChI=1S/C22H24O2P.BrH/c1-3-24-22(23)16-17-25(2,19-12-5-4-6-13-19)21-15-9-11-18-10-7-8-14-20(18)21;/h4-15H,3,16-17H2,1-2H3;1H/q+1;/p-1. The van der Waals surface area contributed by atoms with Crippen LogP contribution in [-0.2, 0) is 9.53 Å². The molecule has 0 aliphatic carbocycles. The molecule has 3 aromatic carbocycles. The minimum atomic E-state index is -1.70. The van der Waals surface area contributed by atoms with Crippen molar-refractivity contribution in [3.8, 4) is 0 Å². The van der Waals surface area contributed by atoms with Gasteiger partial charge in [0.15, 0.2) is 0 Å². The van der Waals surface area contributed by atoms with E-state index in [4.69, 9.17) is 4.74 Å². The Kier molecular flexibility index (Phi) is 7.37. The molecule has 2 nitrogen and oxygen atoms in total. The van der Waals surface area contributed by atoms with Crippen LogP contribution in [0.25, 0.3) is 10.8 Å². The van der Waals surface area contributed by atoms with Crippen LogP contribution >= 0.6 is 7.26 Å². The molecule has 1 atom stereocenters. The van der Waals surface area contributed by atoms with E-state index in [0.717, 1.165) is 6.16 Å². The number of fused-ring (bicyclic) bond motifs is 1. The van der Waals surface area contributed by atoms with Gasteiger partial charge in [-0.3, -0.25) is 4.79 Å². The molecular weight excluding hydrogens is 407 g/mol. The third-order valence-corrected chi connectivity index (χ3v) is 8.70. The van der Waals surface area contributed by atoms with Gasteiger partial charge in [-0.2, -0.15) is 0 Å². The minimum Gasteiger partial charge on any atom is -1.00 e. The summed E-state index contributed by atoms with van der Waals surface area (Å²) in [5.41, 5.74) is 0. The van der Waals surface area contributed by atoms with Crippen molar-refractivity contribution in [2.75, 3.05) is 19.4 Å². The van der Waals surface area contributed by atoms with Gasteiger partial charge in [0.1, 0.15) is 5.30 Å². The van der Waals surface area contributed by atoms with E-state index in [-0.39, 0.29) is 23.0 Å². The molecule has 0 radical (unpaired) electrons. The fraction of sp³-hybridized carbons (Fsp3) is 0.227. The molecule has 0 aliphatic heterocycles. The summed E-state index contributed by atoms with van der Waals surface area (Å²) in [5.74, 6) is -0.107. The Bertz CT molecular complexity index is 861. The maximum absolute atomic E-state index is 12.0. The molecule has 0 saturated carbocycles. The van der Waals surface area contributed by atoms with Crippen molar-refractivity contribution in [1.29, 1.82) is 0 Å². The van der Waals surface area contributed by atoms with Gasteiger partial charge in [-0.05, 0) is 30.5 Å². The molecule has 0 fully saturated rings. The van der Waals surface area contributed by atoms with Gasteiger partial charge in [-0.1, -0.05) is 54.6 Å². The van der Waals surface area contributed by atoms with Gasteiger partial charge < -0.3 is 21.7 Å². The highest BCUT2D eigenvalue weighted by Gasteiger charge is 2.39. The molecule has 136 valence electrons. The van der Waals surface area contributed by atoms with Gasteiger partial charge in [0.25, 0.3) is 0 Å². The Balaban J connectivity index is 0.00000243. The number of rotatable bonds is 6. The van der Waals surface area contributed by atoms with Gasteiger partial charge in [0.05, 0.1) is 38.4 Å². The third kappa shape index (κ3) is 4.34. The lowest BCUT2D eigenvalue weighted by Gasteiger charge is -2.24. The van der Waals surface area contributed by atoms with Crippen LogP contribution in [0.4, 0.5) is 0 Å². The molecule has 0 saturated heterocycles. The average molecular weight is 431 g/mol. The van der Waals surface area contributed by atoms with E-state index >= 15 is 0 Å². The van der Waals surface area contributed by atoms with E-state index in [2.05, 4.69) is 73.4 Å². The summed E-state index contributed by atoms with van der Waals surface area (Å²) in [6, 6.07) is 25.6. The highest BCUT2D eigenvalue weighted by molar-refractivity contribution is 7.89. The number of hydrogen-bond acceptors (Lipinski definition) is 2. The predicted octanol–water partition coefficient (Wildman–Crippen LogP) is 1.40. The second-order valence-electron chi connectivity index (χ2n) is 6.30. The molecule has 26 heavy (non-hydrogen) atoms. The van der Waals surface area contributed by atoms with E-state index in [0.29, 0.717) is 13.0 Å². The Morgan fingerprint density at radius 3 is 2.31 bits per heavy atom. The minimum absolute atomic E-state index is 0. The molecule has 0 bridgehead atoms. The molecule has 0 aliphatic rings. The number of carbonyl (C=O) groups is 1. The quantitative estimate of drug-likeness (QED) is 0.436. The van der Waals surface area contributed by atoms with Crippen LogP contribution in [0.15, 0.2) is 72.8 Å². The topological polar surface area (TPSA) is 26.3 Å². The summed E-state index contributed by atoms with van der Waals surface area (Å²) in [5, 5.41) is 5.23. The Morgan fingerprint density at radius 1 is 0.923 bits per heavy atom. The Labute approximate surface area is 166 Å². The predicted molar refractivity (Wildman–Crippen MR) is 109 cm³/mol. The first kappa shape index (κ1) is 20.6. The SMILES string of the molecule is CCOC(=O)CC[P+](C)(c1ccccc1)c1cccc2ccccc12.[Br-]. The van der Waals surface area contributed by atoms with Crippen LogP contribution in [0.5, 0.6) is 0 Å². The fourth-order valence-corrected chi connectivity index (χ4v) is 6.72. The fourth-order valence-electron chi connectivity index (χ4n) is 3.33. The third-order valence-electron chi connectivity index (χ3n) is 4.69. The van der Waals surface area contributed by atoms with Gasteiger partial charge >= 0.3 is 5.97 Å². The highest BCUT2D eigenvalue weighted by Crippen LogP contribution is 2.54. The van der Waals surface area contributed by atoms with Crippen LogP contribution in [0.3, 0.4) is 0 Å². The number of benzene rings is 3. The normalized spacial score (nSPS) is 12.8. The maximum Gasteiger partial charge on any atom is 0.309 e. The summed E-state index contributed by atoms with van der Waals surface area (Å²) in [7, 11) is -1.70. The summed E-state index contributed by atoms with van der Waals surface area (Å²) in [6.45, 7) is 4.63. The van der Waals surface area contributed by atoms with Gasteiger partial charge in [-0.15, -0.1) is 0 Å². The van der Waals surface area contributed by atoms with Crippen LogP contribution in [0.2, 0.25) is 0 Å². The van der Waals surface area contributed by atoms with E-state index < -0.39 is 7.26 Å². The summed E-state index contributed by atoms with van der Waals surface area (Å²) < 4.78 is 5.18. The zero-order valence-corrected chi connectivity index (χ0v) is 17.7. The van der Waals surface area contributed by atoms with E-state index in [1.54, 1.807) is 0 Å². The molecule has 0 N–H and O–H groups in total. The van der Waals surface area contributed by atoms with Crippen molar-refractivity contribution in [3.63, 3.8) is 0 Å². The van der Waals surface area contributed by atoms with Gasteiger partial charge in [0.2, 0.25) is 0 Å². The average Bonchev–Trinajstić information content (AvgIpc) is 2.66. The van der Waals surface area contributed by atoms with Crippen molar-refractivity contribution < 1.29 is 26.5 Å². The second-order valence-corrected chi connectivity index (χ2v) is 10.1. The number of ether oxygens (including phenoxy) is 1. The van der Waals surface area contributed by atoms with Gasteiger partial charge in [0, 0.05) is 5.39 Å². The number of carbonyl (C=O) groups excluding carboxylic acids is 1. The monoisotopic (exact) mass is 430 g/mol. The Hall–Kier alpha value is -1.70. The van der Waals surface area contributed by atoms with Crippen molar-refractivity contribution in [1.82, 2.24) is 0 Å². The molecule has 0 amide bonds. The van der Waals surface area contributed by atoms with Crippen molar-refractivity contribution in [2.45, 2.75) is 13.3 Å². The number of esters is 1. The maximum atomic E-state index is 12.0. The Morgan fingerprint density at radius 2 is 1.58 bits per heavy atom. The smallest absolute Gasteiger partial charge is 0.309 e. The van der Waals surface area contributed by atoms with E-state index in [1.165, 1.54) is 21.4 Å². The van der Waals surface area contributed by atoms with Crippen LogP contribution in [-0.4, -0.2) is 25.4 Å². The lowest BCUT2D eigenvalue weighted by atomic mass is 10.1. The van der Waals surface area contributed by atoms with Crippen molar-refractivity contribution in [2.24, 2.45) is 0 Å². The summed E-state index contributed by atoms with van der Waals surface area (Å²) in [6.07, 6.45) is 1.28. The van der Waals surface area contributed by atoms with Crippen LogP contribution < -0.4 is 27.6 Å². The molecule has 4 heteroatoms. The summed E-state index contributed by atoms with van der Waals surface area (Å²) in [4.78, 5) is 12.0. The van der Waals surface area contributed by atoms with E-state index in [1.807, 2.05) is 13.0 Å². The highest BCUT2D eigenvalue weighted by atomic mass is 79.9. The lowest BCUT2D eigenvalue weighted by molar-refractivity contribution is -0.142. The van der Waals surface area contributed by atoms with E-state index in [9.17, 15) is 4.79 Å². The zero-order valence-electron chi connectivity index (χ0n) is 15.2. The van der Waals surface area contributed by atoms with Crippen LogP contribution in [0, 0.1) is 0 Å². The van der Waals surface area contributed by atoms with Crippen LogP contribution in [0.1, 0.15) is 13.3 Å². The molecular formula is C22H24BrO2P. The first-order chi connectivity index (χ1) is 12.1. The number of hydrogen-bond donors (Lipinski definition) is 0. The van der Waals surface area contributed by atoms with Gasteiger partial charge in [-0.25, -0.2) is 0 Å². The zero-order chi connectivity index (χ0) is 17.7. The molecule has 3 aromatic rings. The molecule has 0 spiro atoms. The molecule has 1 unspecified atom stereocenters. The molecule has 0 heterocycles. The first-order valence-electron chi connectivity index (χ1n) is 8.70. The lowest BCUT2D eigenvalue weighted by Crippen LogP contribution is -3.00. The number of halogens is 1. The largest absolute Gasteiger partial charge is 1.00 e. The van der Waals surface area contributed by atoms with Crippen molar-refractivity contribution >= 4 is 34.6 Å². The molecule has 3 rings (SSSR count). The first-order valence-corrected chi connectivity index (χ1v) is 11.1.